The van der Waals surface area contributed by atoms with Gasteiger partial charge in [0.15, 0.2) is 0 Å². The number of nitrogens with zero attached hydrogens (tertiary/aromatic N) is 1. The summed E-state index contributed by atoms with van der Waals surface area (Å²) in [5, 5.41) is 0.337. The molecule has 0 aliphatic carbocycles. The molecule has 0 aliphatic heterocycles. The van der Waals surface area contributed by atoms with E-state index in [0.29, 0.717) is 11.7 Å². The van der Waals surface area contributed by atoms with Gasteiger partial charge in [0.1, 0.15) is 0 Å². The normalized spacial score (nSPS) is 13.0. The summed E-state index contributed by atoms with van der Waals surface area (Å²) in [4.78, 5) is 13.0. The Kier molecular flexibility index (Phi) is 7.03. The Hall–Kier alpha value is -0.260. The Morgan fingerprint density at radius 1 is 1.62 bits per heavy atom. The lowest BCUT2D eigenvalue weighted by Crippen LogP contribution is -2.31. The highest BCUT2D eigenvalue weighted by atomic mass is 32.2. The zero-order valence-electron chi connectivity index (χ0n) is 8.54. The molecule has 1 atom stereocenters. The molecule has 0 rings (SSSR count). The third-order valence-electron chi connectivity index (χ3n) is 1.57. The quantitative estimate of drug-likeness (QED) is 0.365. The summed E-state index contributed by atoms with van der Waals surface area (Å²) in [6.45, 7) is 3.08. The fourth-order valence-corrected chi connectivity index (χ4v) is 1.96. The van der Waals surface area contributed by atoms with Crippen molar-refractivity contribution in [3.8, 4) is 0 Å². The summed E-state index contributed by atoms with van der Waals surface area (Å²) in [6, 6.07) is 0. The highest BCUT2D eigenvalue weighted by molar-refractivity contribution is 7.99. The summed E-state index contributed by atoms with van der Waals surface area (Å²) >= 11 is 1.79. The van der Waals surface area contributed by atoms with Crippen LogP contribution in [0.5, 0.6) is 0 Å². The van der Waals surface area contributed by atoms with E-state index in [0.717, 1.165) is 12.3 Å². The molecule has 0 spiro atoms. The maximum atomic E-state index is 10.9. The van der Waals surface area contributed by atoms with Crippen molar-refractivity contribution < 1.29 is 4.79 Å². The maximum Gasteiger partial charge on any atom is 0.234 e. The number of carbonyl (C=O) groups excluding carboxylic acids is 1. The van der Waals surface area contributed by atoms with Crippen LogP contribution in [0.2, 0.25) is 0 Å². The minimum atomic E-state index is -0.0927. The number of rotatable bonds is 6. The average Bonchev–Trinajstić information content (AvgIpc) is 2.03. The maximum absolute atomic E-state index is 10.9. The van der Waals surface area contributed by atoms with E-state index >= 15 is 0 Å². The first-order valence-electron chi connectivity index (χ1n) is 4.32. The largest absolute Gasteiger partial charge is 0.309 e. The van der Waals surface area contributed by atoms with E-state index in [1.165, 1.54) is 0 Å². The molecule has 0 aromatic rings. The van der Waals surface area contributed by atoms with Gasteiger partial charge in [-0.15, -0.1) is 0 Å². The lowest BCUT2D eigenvalue weighted by molar-refractivity contribution is -0.121. The molecule has 0 aliphatic rings. The lowest BCUT2D eigenvalue weighted by atomic mass is 10.3. The molecular formula is C8H19N3OS. The van der Waals surface area contributed by atoms with Crippen LogP contribution in [0.4, 0.5) is 0 Å². The van der Waals surface area contributed by atoms with Crippen LogP contribution in [0.15, 0.2) is 0 Å². The van der Waals surface area contributed by atoms with Gasteiger partial charge in [-0.3, -0.25) is 10.2 Å². The molecule has 1 amide bonds. The Morgan fingerprint density at radius 3 is 2.69 bits per heavy atom. The number of hydrogen-bond donors (Lipinski definition) is 2. The molecule has 0 bridgehead atoms. The van der Waals surface area contributed by atoms with Gasteiger partial charge in [-0.05, 0) is 14.1 Å². The number of thioether (sulfide) groups is 1. The van der Waals surface area contributed by atoms with Crippen LogP contribution in [-0.2, 0) is 4.79 Å². The second-order valence-corrected chi connectivity index (χ2v) is 4.80. The average molecular weight is 205 g/mol. The van der Waals surface area contributed by atoms with Crippen LogP contribution >= 0.6 is 11.8 Å². The fourth-order valence-electron chi connectivity index (χ4n) is 0.815. The molecule has 0 heterocycles. The summed E-state index contributed by atoms with van der Waals surface area (Å²) < 4.78 is 0. The molecular weight excluding hydrogens is 186 g/mol. The summed E-state index contributed by atoms with van der Waals surface area (Å²) in [5.74, 6) is 5.94. The molecule has 0 radical (unpaired) electrons. The zero-order valence-corrected chi connectivity index (χ0v) is 9.36. The molecule has 4 nitrogen and oxygen atoms in total. The smallest absolute Gasteiger partial charge is 0.234 e. The number of hydrazine groups is 1. The predicted molar refractivity (Wildman–Crippen MR) is 57.4 cm³/mol. The number of nitrogens with two attached hydrogens (primary N) is 1. The van der Waals surface area contributed by atoms with E-state index in [4.69, 9.17) is 5.84 Å². The monoisotopic (exact) mass is 205 g/mol. The van der Waals surface area contributed by atoms with Crippen molar-refractivity contribution in [1.29, 1.82) is 0 Å². The van der Waals surface area contributed by atoms with Crippen LogP contribution in [0, 0.1) is 0 Å². The molecule has 5 heteroatoms. The van der Waals surface area contributed by atoms with Gasteiger partial charge >= 0.3 is 0 Å². The van der Waals surface area contributed by atoms with Crippen molar-refractivity contribution in [3.05, 3.63) is 0 Å². The number of amides is 1. The van der Waals surface area contributed by atoms with Crippen LogP contribution in [0.3, 0.4) is 0 Å². The lowest BCUT2D eigenvalue weighted by Gasteiger charge is -2.12. The van der Waals surface area contributed by atoms with Gasteiger partial charge in [0.25, 0.3) is 0 Å². The summed E-state index contributed by atoms with van der Waals surface area (Å²) in [6.07, 6.45) is 0.495. The fraction of sp³-hybridized carbons (Fsp3) is 0.875. The summed E-state index contributed by atoms with van der Waals surface area (Å²) in [5.41, 5.74) is 2.13. The van der Waals surface area contributed by atoms with Gasteiger partial charge in [0.05, 0.1) is 0 Å². The first-order chi connectivity index (χ1) is 6.06. The van der Waals surface area contributed by atoms with E-state index in [9.17, 15) is 4.79 Å². The number of carbonyl (C=O) groups is 1. The van der Waals surface area contributed by atoms with Crippen molar-refractivity contribution in [3.63, 3.8) is 0 Å². The summed E-state index contributed by atoms with van der Waals surface area (Å²) in [7, 11) is 4.08. The Morgan fingerprint density at radius 2 is 2.23 bits per heavy atom. The van der Waals surface area contributed by atoms with E-state index < -0.39 is 0 Å². The van der Waals surface area contributed by atoms with Gasteiger partial charge < -0.3 is 4.90 Å². The van der Waals surface area contributed by atoms with Crippen LogP contribution in [0.1, 0.15) is 13.3 Å². The van der Waals surface area contributed by atoms with E-state index in [1.54, 1.807) is 11.8 Å². The number of nitrogens with one attached hydrogen (secondary N) is 1. The zero-order chi connectivity index (χ0) is 10.3. The van der Waals surface area contributed by atoms with E-state index in [1.807, 2.05) is 21.0 Å². The molecule has 0 fully saturated rings. The highest BCUT2D eigenvalue weighted by Gasteiger charge is 2.07. The molecule has 0 saturated carbocycles. The predicted octanol–water partition coefficient (Wildman–Crippen LogP) is 0.0497. The third kappa shape index (κ3) is 8.08. The van der Waals surface area contributed by atoms with Gasteiger partial charge in [0.2, 0.25) is 5.91 Å². The molecule has 3 N–H and O–H groups in total. The van der Waals surface area contributed by atoms with Gasteiger partial charge in [-0.1, -0.05) is 6.92 Å². The molecule has 0 aromatic heterocycles. The van der Waals surface area contributed by atoms with E-state index in [2.05, 4.69) is 10.3 Å². The van der Waals surface area contributed by atoms with Crippen LogP contribution < -0.4 is 11.3 Å². The van der Waals surface area contributed by atoms with Crippen LogP contribution in [-0.4, -0.2) is 42.4 Å². The van der Waals surface area contributed by atoms with Crippen LogP contribution in [0.25, 0.3) is 0 Å². The van der Waals surface area contributed by atoms with E-state index in [-0.39, 0.29) is 5.91 Å². The number of hydrogen-bond acceptors (Lipinski definition) is 4. The van der Waals surface area contributed by atoms with Crippen molar-refractivity contribution in [2.24, 2.45) is 5.84 Å². The second kappa shape index (κ2) is 7.17. The van der Waals surface area contributed by atoms with Crippen molar-refractivity contribution in [2.75, 3.05) is 26.4 Å². The molecule has 0 aromatic carbocycles. The Bertz CT molecular complexity index is 152. The SMILES string of the molecule is CC(CC(=O)NN)SCCN(C)C. The first-order valence-corrected chi connectivity index (χ1v) is 5.37. The molecule has 13 heavy (non-hydrogen) atoms. The molecule has 78 valence electrons. The second-order valence-electron chi connectivity index (χ2n) is 3.26. The first kappa shape index (κ1) is 12.7. The van der Waals surface area contributed by atoms with Crippen molar-refractivity contribution in [1.82, 2.24) is 10.3 Å². The highest BCUT2D eigenvalue weighted by Crippen LogP contribution is 2.13. The Labute approximate surface area is 84.2 Å². The Balaban J connectivity index is 3.40. The minimum absolute atomic E-state index is 0.0927. The van der Waals surface area contributed by atoms with Gasteiger partial charge in [-0.25, -0.2) is 5.84 Å². The van der Waals surface area contributed by atoms with Crippen molar-refractivity contribution in [2.45, 2.75) is 18.6 Å². The molecule has 0 saturated heterocycles. The standard InChI is InChI=1S/C8H19N3OS/c1-7(6-8(12)10-9)13-5-4-11(2)3/h7H,4-6,9H2,1-3H3,(H,10,12). The van der Waals surface area contributed by atoms with Gasteiger partial charge in [0, 0.05) is 24.0 Å². The van der Waals surface area contributed by atoms with Gasteiger partial charge in [-0.2, -0.15) is 11.8 Å². The molecule has 1 unspecified atom stereocenters. The van der Waals surface area contributed by atoms with Crippen molar-refractivity contribution >= 4 is 17.7 Å². The topological polar surface area (TPSA) is 58.4 Å². The minimum Gasteiger partial charge on any atom is -0.309 e. The third-order valence-corrected chi connectivity index (χ3v) is 2.73.